The molecule has 0 bridgehead atoms. The molecule has 1 aliphatic carbocycles. The summed E-state index contributed by atoms with van der Waals surface area (Å²) in [6.07, 6.45) is 10.3. The van der Waals surface area contributed by atoms with Crippen molar-refractivity contribution in [1.82, 2.24) is 14.7 Å². The van der Waals surface area contributed by atoms with Crippen molar-refractivity contribution in [2.75, 3.05) is 47.3 Å². The van der Waals surface area contributed by atoms with E-state index in [0.717, 1.165) is 32.6 Å². The van der Waals surface area contributed by atoms with E-state index >= 15 is 0 Å². The number of hydrogen-bond acceptors (Lipinski definition) is 3. The van der Waals surface area contributed by atoms with Crippen molar-refractivity contribution in [3.05, 3.63) is 41.5 Å². The molecule has 1 heterocycles. The van der Waals surface area contributed by atoms with Crippen LogP contribution in [0.1, 0.15) is 70.4 Å². The monoisotopic (exact) mass is 453 g/mol. The average Bonchev–Trinajstić information content (AvgIpc) is 3.23. The number of carbonyl (C=O) groups is 1. The fourth-order valence-corrected chi connectivity index (χ4v) is 5.75. The van der Waals surface area contributed by atoms with E-state index in [2.05, 4.69) is 75.0 Å². The summed E-state index contributed by atoms with van der Waals surface area (Å²) in [7, 11) is 6.49. The average molecular weight is 454 g/mol. The molecule has 1 saturated heterocycles. The number of rotatable bonds is 11. The van der Waals surface area contributed by atoms with Gasteiger partial charge in [-0.25, -0.2) is 0 Å². The minimum atomic E-state index is 0.279. The third kappa shape index (κ3) is 6.27. The van der Waals surface area contributed by atoms with Gasteiger partial charge in [-0.1, -0.05) is 64.0 Å². The van der Waals surface area contributed by atoms with Crippen LogP contribution in [-0.2, 0) is 11.2 Å². The Morgan fingerprint density at radius 2 is 1.82 bits per heavy atom. The largest absolute Gasteiger partial charge is 0.344 e. The van der Waals surface area contributed by atoms with Crippen LogP contribution < -0.4 is 0 Å². The van der Waals surface area contributed by atoms with E-state index in [1.54, 1.807) is 0 Å². The van der Waals surface area contributed by atoms with E-state index in [1.807, 2.05) is 11.9 Å². The van der Waals surface area contributed by atoms with Crippen molar-refractivity contribution >= 4 is 11.5 Å². The lowest BCUT2D eigenvalue weighted by Gasteiger charge is -2.46. The molecule has 1 amide bonds. The second-order valence-corrected chi connectivity index (χ2v) is 11.0. The van der Waals surface area contributed by atoms with Crippen LogP contribution in [0.2, 0.25) is 0 Å². The van der Waals surface area contributed by atoms with Crippen LogP contribution in [0, 0.1) is 11.8 Å². The number of allylic oxidation sites excluding steroid dienone is 2. The van der Waals surface area contributed by atoms with Crippen LogP contribution in [-0.4, -0.2) is 73.5 Å². The Bertz CT molecular complexity index is 805. The summed E-state index contributed by atoms with van der Waals surface area (Å²) in [5.74, 6) is 1.02. The van der Waals surface area contributed by atoms with E-state index < -0.39 is 0 Å². The third-order valence-electron chi connectivity index (χ3n) is 8.38. The van der Waals surface area contributed by atoms with Crippen LogP contribution >= 0.6 is 0 Å². The summed E-state index contributed by atoms with van der Waals surface area (Å²) in [4.78, 5) is 20.2. The highest BCUT2D eigenvalue weighted by molar-refractivity contribution is 5.82. The maximum atomic E-state index is 13.2. The highest BCUT2D eigenvalue weighted by Gasteiger charge is 2.36. The predicted octanol–water partition coefficient (Wildman–Crippen LogP) is 5.33. The molecule has 4 nitrogen and oxygen atoms in total. The Morgan fingerprint density at radius 1 is 1.12 bits per heavy atom. The molecule has 1 unspecified atom stereocenters. The summed E-state index contributed by atoms with van der Waals surface area (Å²) in [6.45, 7) is 10.9. The fraction of sp³-hybridized carbons (Fsp3) is 0.690. The summed E-state index contributed by atoms with van der Waals surface area (Å²) in [6, 6.07) is 8.68. The van der Waals surface area contributed by atoms with E-state index in [0.29, 0.717) is 17.9 Å². The number of piperidine rings is 1. The molecule has 1 aromatic rings. The minimum Gasteiger partial charge on any atom is -0.344 e. The Kier molecular flexibility index (Phi) is 9.17. The Hall–Kier alpha value is -1.65. The SMILES string of the molecule is CCCCC1(N(C)C)CCN(CCN(C)C(=O)CC(C2=CCc3ccccc32)C(C)C)CC1. The first kappa shape index (κ1) is 26.0. The molecule has 33 heavy (non-hydrogen) atoms. The number of carbonyl (C=O) groups excluding carboxylic acids is 1. The zero-order chi connectivity index (χ0) is 24.0. The van der Waals surface area contributed by atoms with Gasteiger partial charge in [0.05, 0.1) is 0 Å². The van der Waals surface area contributed by atoms with Gasteiger partial charge in [0, 0.05) is 32.1 Å². The quantitative estimate of drug-likeness (QED) is 0.453. The molecule has 0 radical (unpaired) electrons. The highest BCUT2D eigenvalue weighted by atomic mass is 16.2. The molecule has 1 aliphatic heterocycles. The van der Waals surface area contributed by atoms with Gasteiger partial charge in [-0.05, 0) is 81.4 Å². The number of fused-ring (bicyclic) bond motifs is 1. The fourth-order valence-electron chi connectivity index (χ4n) is 5.75. The number of unbranched alkanes of at least 4 members (excludes halogenated alkanes) is 1. The molecular formula is C29H47N3O. The zero-order valence-electron chi connectivity index (χ0n) is 22.1. The predicted molar refractivity (Wildman–Crippen MR) is 140 cm³/mol. The minimum absolute atomic E-state index is 0.279. The van der Waals surface area contributed by atoms with Gasteiger partial charge < -0.3 is 14.7 Å². The first-order valence-electron chi connectivity index (χ1n) is 13.2. The molecule has 3 rings (SSSR count). The Balaban J connectivity index is 1.51. The van der Waals surface area contributed by atoms with E-state index in [4.69, 9.17) is 0 Å². The standard InChI is InChI=1S/C29H47N3O/c1-7-8-15-29(30(4)5)16-18-32(19-17-29)21-20-31(6)28(33)22-27(23(2)3)26-14-13-24-11-9-10-12-25(24)26/h9-12,14,23,27H,7-8,13,15-22H2,1-6H3. The highest BCUT2D eigenvalue weighted by Crippen LogP contribution is 2.38. The lowest BCUT2D eigenvalue weighted by molar-refractivity contribution is -0.131. The number of benzene rings is 1. The second kappa shape index (κ2) is 11.7. The first-order chi connectivity index (χ1) is 15.8. The number of likely N-dealkylation sites (tertiary alicyclic amines) is 1. The summed E-state index contributed by atoms with van der Waals surface area (Å²) >= 11 is 0. The van der Waals surface area contributed by atoms with Crippen LogP contribution in [0.3, 0.4) is 0 Å². The number of hydrogen-bond donors (Lipinski definition) is 0. The topological polar surface area (TPSA) is 26.8 Å². The molecule has 0 N–H and O–H groups in total. The molecule has 184 valence electrons. The van der Waals surface area contributed by atoms with Gasteiger partial charge in [-0.15, -0.1) is 0 Å². The molecule has 4 heteroatoms. The van der Waals surface area contributed by atoms with Crippen molar-refractivity contribution < 1.29 is 4.79 Å². The first-order valence-corrected chi connectivity index (χ1v) is 13.2. The molecule has 2 aliphatic rings. The Labute approximate surface area is 203 Å². The number of amides is 1. The van der Waals surface area contributed by atoms with Crippen LogP contribution in [0.15, 0.2) is 30.3 Å². The molecule has 0 aromatic heterocycles. The van der Waals surface area contributed by atoms with E-state index in [1.165, 1.54) is 48.8 Å². The van der Waals surface area contributed by atoms with Gasteiger partial charge in [-0.2, -0.15) is 0 Å². The van der Waals surface area contributed by atoms with Gasteiger partial charge in [0.25, 0.3) is 0 Å². The third-order valence-corrected chi connectivity index (χ3v) is 8.38. The van der Waals surface area contributed by atoms with Crippen LogP contribution in [0.4, 0.5) is 0 Å². The summed E-state index contributed by atoms with van der Waals surface area (Å²) < 4.78 is 0. The molecule has 0 spiro atoms. The number of likely N-dealkylation sites (N-methyl/N-ethyl adjacent to an activating group) is 1. The summed E-state index contributed by atoms with van der Waals surface area (Å²) in [5, 5.41) is 0. The van der Waals surface area contributed by atoms with E-state index in [9.17, 15) is 4.79 Å². The normalized spacial score (nSPS) is 19.0. The smallest absolute Gasteiger partial charge is 0.222 e. The van der Waals surface area contributed by atoms with Gasteiger partial charge >= 0.3 is 0 Å². The van der Waals surface area contributed by atoms with Crippen molar-refractivity contribution in [2.45, 2.75) is 71.3 Å². The lowest BCUT2D eigenvalue weighted by Crippen LogP contribution is -2.53. The summed E-state index contributed by atoms with van der Waals surface area (Å²) in [5.41, 5.74) is 4.50. The second-order valence-electron chi connectivity index (χ2n) is 11.0. The van der Waals surface area contributed by atoms with Crippen LogP contribution in [0.25, 0.3) is 5.57 Å². The van der Waals surface area contributed by atoms with E-state index in [-0.39, 0.29) is 11.8 Å². The van der Waals surface area contributed by atoms with Gasteiger partial charge in [0.15, 0.2) is 0 Å². The zero-order valence-corrected chi connectivity index (χ0v) is 22.1. The van der Waals surface area contributed by atoms with Gasteiger partial charge in [0.1, 0.15) is 0 Å². The molecule has 1 fully saturated rings. The maximum Gasteiger partial charge on any atom is 0.222 e. The van der Waals surface area contributed by atoms with Crippen molar-refractivity contribution in [2.24, 2.45) is 11.8 Å². The number of nitrogens with zero attached hydrogens (tertiary/aromatic N) is 3. The van der Waals surface area contributed by atoms with Gasteiger partial charge in [0.2, 0.25) is 5.91 Å². The molecule has 1 atom stereocenters. The van der Waals surface area contributed by atoms with Crippen molar-refractivity contribution in [1.29, 1.82) is 0 Å². The Morgan fingerprint density at radius 3 is 2.45 bits per heavy atom. The van der Waals surface area contributed by atoms with Crippen LogP contribution in [0.5, 0.6) is 0 Å². The lowest BCUT2D eigenvalue weighted by atomic mass is 9.81. The van der Waals surface area contributed by atoms with Crippen molar-refractivity contribution in [3.8, 4) is 0 Å². The van der Waals surface area contributed by atoms with Gasteiger partial charge in [-0.3, -0.25) is 4.79 Å². The van der Waals surface area contributed by atoms with Crippen molar-refractivity contribution in [3.63, 3.8) is 0 Å². The molecule has 0 saturated carbocycles. The molecule has 1 aromatic carbocycles. The maximum absolute atomic E-state index is 13.2. The molecular weight excluding hydrogens is 406 g/mol.